The highest BCUT2D eigenvalue weighted by atomic mass is 35.5. The van der Waals surface area contributed by atoms with Crippen molar-refractivity contribution in [2.75, 3.05) is 6.54 Å². The Kier molecular flexibility index (Phi) is 7.69. The van der Waals surface area contributed by atoms with Crippen LogP contribution in [0.5, 0.6) is 5.75 Å². The zero-order chi connectivity index (χ0) is 15.2. The molecule has 4 nitrogen and oxygen atoms in total. The van der Waals surface area contributed by atoms with Crippen molar-refractivity contribution in [1.82, 2.24) is 5.32 Å². The van der Waals surface area contributed by atoms with Gasteiger partial charge in [0, 0.05) is 12.0 Å². The SMILES string of the molecule is CCC(CNC(=O)C1CCC(N)C1)Oc1ccccc1C.Cl. The van der Waals surface area contributed by atoms with E-state index in [1.165, 1.54) is 0 Å². The number of hydrogen-bond donors (Lipinski definition) is 2. The summed E-state index contributed by atoms with van der Waals surface area (Å²) in [7, 11) is 0. The lowest BCUT2D eigenvalue weighted by molar-refractivity contribution is -0.125. The molecule has 3 unspecified atom stereocenters. The van der Waals surface area contributed by atoms with E-state index in [0.717, 1.165) is 37.0 Å². The molecule has 0 spiro atoms. The van der Waals surface area contributed by atoms with Gasteiger partial charge in [0.15, 0.2) is 0 Å². The molecule has 124 valence electrons. The number of hydrogen-bond acceptors (Lipinski definition) is 3. The summed E-state index contributed by atoms with van der Waals surface area (Å²) in [5, 5.41) is 3.02. The smallest absolute Gasteiger partial charge is 0.223 e. The lowest BCUT2D eigenvalue weighted by atomic mass is 10.1. The second-order valence-corrected chi connectivity index (χ2v) is 5.93. The first-order valence-corrected chi connectivity index (χ1v) is 7.85. The van der Waals surface area contributed by atoms with Gasteiger partial charge in [0.05, 0.1) is 6.54 Å². The largest absolute Gasteiger partial charge is 0.488 e. The van der Waals surface area contributed by atoms with Gasteiger partial charge in [0.1, 0.15) is 11.9 Å². The minimum atomic E-state index is 0. The first-order chi connectivity index (χ1) is 10.1. The summed E-state index contributed by atoms with van der Waals surface area (Å²) < 4.78 is 5.99. The molecule has 1 aromatic carbocycles. The molecule has 1 aliphatic carbocycles. The lowest BCUT2D eigenvalue weighted by Gasteiger charge is -2.20. The van der Waals surface area contributed by atoms with Gasteiger partial charge in [-0.2, -0.15) is 0 Å². The number of amides is 1. The van der Waals surface area contributed by atoms with E-state index in [4.69, 9.17) is 10.5 Å². The van der Waals surface area contributed by atoms with Crippen LogP contribution in [-0.2, 0) is 4.79 Å². The van der Waals surface area contributed by atoms with Crippen molar-refractivity contribution in [2.24, 2.45) is 11.7 Å². The van der Waals surface area contributed by atoms with Gasteiger partial charge in [-0.25, -0.2) is 0 Å². The molecule has 0 radical (unpaired) electrons. The van der Waals surface area contributed by atoms with Crippen LogP contribution in [0.15, 0.2) is 24.3 Å². The van der Waals surface area contributed by atoms with Gasteiger partial charge in [-0.15, -0.1) is 12.4 Å². The molecule has 0 bridgehead atoms. The van der Waals surface area contributed by atoms with Gasteiger partial charge in [-0.1, -0.05) is 25.1 Å². The average molecular weight is 327 g/mol. The van der Waals surface area contributed by atoms with E-state index in [0.29, 0.717) is 6.54 Å². The van der Waals surface area contributed by atoms with Crippen molar-refractivity contribution in [2.45, 2.75) is 51.7 Å². The molecule has 0 heterocycles. The van der Waals surface area contributed by atoms with Crippen LogP contribution in [0.25, 0.3) is 0 Å². The minimum Gasteiger partial charge on any atom is -0.488 e. The van der Waals surface area contributed by atoms with Crippen LogP contribution in [-0.4, -0.2) is 24.6 Å². The minimum absolute atomic E-state index is 0. The first-order valence-electron chi connectivity index (χ1n) is 7.85. The second kappa shape index (κ2) is 9.01. The monoisotopic (exact) mass is 326 g/mol. The molecule has 22 heavy (non-hydrogen) atoms. The van der Waals surface area contributed by atoms with E-state index < -0.39 is 0 Å². The number of halogens is 1. The standard InChI is InChI=1S/C17H26N2O2.ClH/c1-3-15(21-16-7-5-4-6-12(16)2)11-19-17(20)13-8-9-14(18)10-13;/h4-7,13-15H,3,8-11,18H2,1-2H3,(H,19,20);1H. The quantitative estimate of drug-likeness (QED) is 0.845. The maximum Gasteiger partial charge on any atom is 0.223 e. The summed E-state index contributed by atoms with van der Waals surface area (Å²) in [5.74, 6) is 1.09. The predicted octanol–water partition coefficient (Wildman–Crippen LogP) is 2.82. The number of nitrogens with one attached hydrogen (secondary N) is 1. The molecular weight excluding hydrogens is 300 g/mol. The summed E-state index contributed by atoms with van der Waals surface area (Å²) in [6.07, 6.45) is 3.53. The summed E-state index contributed by atoms with van der Waals surface area (Å²) >= 11 is 0. The van der Waals surface area contributed by atoms with E-state index >= 15 is 0 Å². The van der Waals surface area contributed by atoms with Crippen LogP contribution in [0.1, 0.15) is 38.2 Å². The third-order valence-corrected chi connectivity index (χ3v) is 4.19. The second-order valence-electron chi connectivity index (χ2n) is 5.93. The molecule has 0 aliphatic heterocycles. The fourth-order valence-corrected chi connectivity index (χ4v) is 2.75. The Labute approximate surface area is 139 Å². The summed E-state index contributed by atoms with van der Waals surface area (Å²) in [4.78, 5) is 12.1. The van der Waals surface area contributed by atoms with Gasteiger partial charge in [-0.05, 0) is 44.2 Å². The van der Waals surface area contributed by atoms with Crippen LogP contribution in [0.4, 0.5) is 0 Å². The van der Waals surface area contributed by atoms with Crippen molar-refractivity contribution < 1.29 is 9.53 Å². The maximum atomic E-state index is 12.1. The number of benzene rings is 1. The Morgan fingerprint density at radius 3 is 2.73 bits per heavy atom. The van der Waals surface area contributed by atoms with Gasteiger partial charge in [0.25, 0.3) is 0 Å². The summed E-state index contributed by atoms with van der Waals surface area (Å²) in [6, 6.07) is 8.14. The fraction of sp³-hybridized carbons (Fsp3) is 0.588. The first kappa shape index (κ1) is 18.8. The molecule has 0 aromatic heterocycles. The molecule has 0 saturated heterocycles. The molecule has 1 saturated carbocycles. The highest BCUT2D eigenvalue weighted by Gasteiger charge is 2.27. The van der Waals surface area contributed by atoms with Crippen molar-refractivity contribution >= 4 is 18.3 Å². The van der Waals surface area contributed by atoms with Crippen molar-refractivity contribution in [3.63, 3.8) is 0 Å². The number of nitrogens with two attached hydrogens (primary N) is 1. The van der Waals surface area contributed by atoms with Gasteiger partial charge in [-0.3, -0.25) is 4.79 Å². The molecule has 1 aliphatic rings. The van der Waals surface area contributed by atoms with E-state index in [2.05, 4.69) is 12.2 Å². The van der Waals surface area contributed by atoms with Gasteiger partial charge in [0.2, 0.25) is 5.91 Å². The lowest BCUT2D eigenvalue weighted by Crippen LogP contribution is -2.38. The van der Waals surface area contributed by atoms with Gasteiger partial charge < -0.3 is 15.8 Å². The van der Waals surface area contributed by atoms with Crippen LogP contribution >= 0.6 is 12.4 Å². The highest BCUT2D eigenvalue weighted by molar-refractivity contribution is 5.85. The zero-order valence-electron chi connectivity index (χ0n) is 13.4. The van der Waals surface area contributed by atoms with E-state index in [-0.39, 0.29) is 36.4 Å². The molecule has 3 atom stereocenters. The molecule has 3 N–H and O–H groups in total. The summed E-state index contributed by atoms with van der Waals surface area (Å²) in [6.45, 7) is 4.65. The number of carbonyl (C=O) groups excluding carboxylic acids is 1. The molecule has 5 heteroatoms. The molecule has 1 amide bonds. The zero-order valence-corrected chi connectivity index (χ0v) is 14.2. The number of ether oxygens (including phenoxy) is 1. The number of para-hydroxylation sites is 1. The molecule has 2 rings (SSSR count). The summed E-state index contributed by atoms with van der Waals surface area (Å²) in [5.41, 5.74) is 6.97. The van der Waals surface area contributed by atoms with E-state index in [9.17, 15) is 4.79 Å². The van der Waals surface area contributed by atoms with Gasteiger partial charge >= 0.3 is 0 Å². The van der Waals surface area contributed by atoms with Crippen molar-refractivity contribution in [3.8, 4) is 5.75 Å². The van der Waals surface area contributed by atoms with E-state index in [1.54, 1.807) is 0 Å². The predicted molar refractivity (Wildman–Crippen MR) is 91.5 cm³/mol. The Hall–Kier alpha value is -1.26. The number of carbonyl (C=O) groups is 1. The number of rotatable bonds is 6. The highest BCUT2D eigenvalue weighted by Crippen LogP contribution is 2.24. The Morgan fingerprint density at radius 1 is 1.41 bits per heavy atom. The Balaban J connectivity index is 0.00000242. The third kappa shape index (κ3) is 5.18. The number of aryl methyl sites for hydroxylation is 1. The third-order valence-electron chi connectivity index (χ3n) is 4.19. The van der Waals surface area contributed by atoms with Crippen LogP contribution in [0, 0.1) is 12.8 Å². The van der Waals surface area contributed by atoms with Crippen molar-refractivity contribution in [1.29, 1.82) is 0 Å². The van der Waals surface area contributed by atoms with Crippen LogP contribution in [0.3, 0.4) is 0 Å². The normalized spacial score (nSPS) is 21.8. The molecule has 1 aromatic rings. The Bertz CT molecular complexity index is 481. The topological polar surface area (TPSA) is 64.4 Å². The van der Waals surface area contributed by atoms with Crippen LogP contribution < -0.4 is 15.8 Å². The van der Waals surface area contributed by atoms with Crippen LogP contribution in [0.2, 0.25) is 0 Å². The average Bonchev–Trinajstić information content (AvgIpc) is 2.91. The molecular formula is C17H27ClN2O2. The maximum absolute atomic E-state index is 12.1. The van der Waals surface area contributed by atoms with Crippen molar-refractivity contribution in [3.05, 3.63) is 29.8 Å². The fourth-order valence-electron chi connectivity index (χ4n) is 2.75. The Morgan fingerprint density at radius 2 is 2.14 bits per heavy atom. The molecule has 1 fully saturated rings. The van der Waals surface area contributed by atoms with E-state index in [1.807, 2.05) is 31.2 Å².